The molecule has 3 N–H and O–H groups in total. The Kier molecular flexibility index (Phi) is 4.51. The molecule has 1 aromatic carbocycles. The van der Waals surface area contributed by atoms with Crippen LogP contribution < -0.4 is 5.73 Å². The van der Waals surface area contributed by atoms with E-state index < -0.39 is 0 Å². The minimum absolute atomic E-state index is 0.0762. The fourth-order valence-corrected chi connectivity index (χ4v) is 2.59. The van der Waals surface area contributed by atoms with E-state index in [0.717, 1.165) is 6.42 Å². The molecule has 90 valence electrons. The molecule has 0 bridgehead atoms. The van der Waals surface area contributed by atoms with Gasteiger partial charge in [0.05, 0.1) is 0 Å². The van der Waals surface area contributed by atoms with Crippen LogP contribution in [-0.4, -0.2) is 17.8 Å². The fourth-order valence-electron chi connectivity index (χ4n) is 2.59. The van der Waals surface area contributed by atoms with Gasteiger partial charge in [-0.3, -0.25) is 0 Å². The number of rotatable bonds is 4. The van der Waals surface area contributed by atoms with Crippen molar-refractivity contribution in [1.82, 2.24) is 0 Å². The van der Waals surface area contributed by atoms with Crippen LogP contribution in [0.15, 0.2) is 12.1 Å². The van der Waals surface area contributed by atoms with Gasteiger partial charge < -0.3 is 10.8 Å². The number of aliphatic hydroxyl groups excluding tert-OH is 1. The van der Waals surface area contributed by atoms with Crippen molar-refractivity contribution in [3.63, 3.8) is 0 Å². The van der Waals surface area contributed by atoms with E-state index in [2.05, 4.69) is 32.9 Å². The van der Waals surface area contributed by atoms with E-state index in [1.54, 1.807) is 0 Å². The third-order valence-corrected chi connectivity index (χ3v) is 3.18. The van der Waals surface area contributed by atoms with Crippen LogP contribution in [-0.2, 0) is 0 Å². The molecule has 0 saturated carbocycles. The van der Waals surface area contributed by atoms with Crippen molar-refractivity contribution in [1.29, 1.82) is 0 Å². The highest BCUT2D eigenvalue weighted by Gasteiger charge is 2.19. The smallest absolute Gasteiger partial charge is 0.0437 e. The third kappa shape index (κ3) is 2.83. The van der Waals surface area contributed by atoms with Gasteiger partial charge >= 0.3 is 0 Å². The van der Waals surface area contributed by atoms with Gasteiger partial charge in [0.1, 0.15) is 0 Å². The van der Waals surface area contributed by atoms with Gasteiger partial charge in [-0.1, -0.05) is 17.7 Å². The molecule has 0 radical (unpaired) electrons. The van der Waals surface area contributed by atoms with E-state index in [0.29, 0.717) is 0 Å². The molecule has 0 amide bonds. The summed E-state index contributed by atoms with van der Waals surface area (Å²) in [6, 6.07) is 4.46. The van der Waals surface area contributed by atoms with E-state index in [1.165, 1.54) is 22.3 Å². The van der Waals surface area contributed by atoms with Gasteiger partial charge in [0.15, 0.2) is 0 Å². The molecular weight excluding hydrogens is 198 g/mol. The Hall–Kier alpha value is -0.860. The van der Waals surface area contributed by atoms with Crippen molar-refractivity contribution in [2.24, 2.45) is 5.73 Å². The Bertz CT molecular complexity index is 335. The van der Waals surface area contributed by atoms with E-state index in [-0.39, 0.29) is 18.6 Å². The molecule has 0 aliphatic rings. The summed E-state index contributed by atoms with van der Waals surface area (Å²) in [7, 11) is 0. The lowest BCUT2D eigenvalue weighted by Gasteiger charge is -2.24. The molecule has 1 rings (SSSR count). The number of aliphatic hydroxyl groups is 1. The van der Waals surface area contributed by atoms with Crippen LogP contribution in [0.25, 0.3) is 0 Å². The maximum atomic E-state index is 9.13. The quantitative estimate of drug-likeness (QED) is 0.820. The Morgan fingerprint density at radius 2 is 1.69 bits per heavy atom. The average molecular weight is 221 g/mol. The second kappa shape index (κ2) is 5.46. The minimum atomic E-state index is 0.0762. The zero-order valence-electron chi connectivity index (χ0n) is 10.7. The predicted octanol–water partition coefficient (Wildman–Crippen LogP) is 2.43. The maximum absolute atomic E-state index is 9.13. The second-order valence-electron chi connectivity index (χ2n) is 4.79. The Balaban J connectivity index is 3.18. The molecule has 0 saturated heterocycles. The van der Waals surface area contributed by atoms with Gasteiger partial charge in [0, 0.05) is 18.6 Å². The molecule has 0 spiro atoms. The summed E-state index contributed by atoms with van der Waals surface area (Å²) < 4.78 is 0. The van der Waals surface area contributed by atoms with Crippen molar-refractivity contribution in [3.8, 4) is 0 Å². The van der Waals surface area contributed by atoms with E-state index in [4.69, 9.17) is 10.8 Å². The average Bonchev–Trinajstić information content (AvgIpc) is 2.14. The molecule has 0 aliphatic carbocycles. The van der Waals surface area contributed by atoms with Crippen LogP contribution in [0.3, 0.4) is 0 Å². The highest BCUT2D eigenvalue weighted by Crippen LogP contribution is 2.29. The number of hydrogen-bond acceptors (Lipinski definition) is 2. The first-order valence-corrected chi connectivity index (χ1v) is 5.91. The second-order valence-corrected chi connectivity index (χ2v) is 4.79. The molecular formula is C14H23NO. The highest BCUT2D eigenvalue weighted by atomic mass is 16.3. The molecule has 0 fully saturated rings. The Morgan fingerprint density at radius 3 is 2.06 bits per heavy atom. The summed E-state index contributed by atoms with van der Waals surface area (Å²) in [6.07, 6.45) is 0.738. The first-order valence-electron chi connectivity index (χ1n) is 5.91. The predicted molar refractivity (Wildman–Crippen MR) is 68.7 cm³/mol. The number of benzene rings is 1. The van der Waals surface area contributed by atoms with Gasteiger partial charge in [-0.25, -0.2) is 0 Å². The number of hydrogen-bond donors (Lipinski definition) is 2. The lowest BCUT2D eigenvalue weighted by molar-refractivity contribution is 0.268. The zero-order chi connectivity index (χ0) is 12.3. The number of aryl methyl sites for hydroxylation is 3. The van der Waals surface area contributed by atoms with E-state index in [9.17, 15) is 0 Å². The van der Waals surface area contributed by atoms with Crippen LogP contribution in [0, 0.1) is 20.8 Å². The van der Waals surface area contributed by atoms with E-state index in [1.807, 2.05) is 6.92 Å². The lowest BCUT2D eigenvalue weighted by Crippen LogP contribution is -2.27. The van der Waals surface area contributed by atoms with Gasteiger partial charge in [-0.15, -0.1) is 0 Å². The van der Waals surface area contributed by atoms with Crippen LogP contribution in [0.4, 0.5) is 0 Å². The molecule has 2 unspecified atom stereocenters. The Morgan fingerprint density at radius 1 is 1.19 bits per heavy atom. The van der Waals surface area contributed by atoms with Crippen molar-refractivity contribution < 1.29 is 5.11 Å². The zero-order valence-corrected chi connectivity index (χ0v) is 10.7. The molecule has 0 aromatic heterocycles. The summed E-state index contributed by atoms with van der Waals surface area (Å²) in [4.78, 5) is 0. The van der Waals surface area contributed by atoms with Gasteiger partial charge in [-0.05, 0) is 50.8 Å². The molecule has 2 heteroatoms. The van der Waals surface area contributed by atoms with Crippen molar-refractivity contribution in [2.45, 2.75) is 46.1 Å². The molecule has 16 heavy (non-hydrogen) atoms. The SMILES string of the molecule is Cc1cc(C)c(C(CCO)C(C)N)c(C)c1. The van der Waals surface area contributed by atoms with Crippen molar-refractivity contribution in [2.75, 3.05) is 6.61 Å². The van der Waals surface area contributed by atoms with E-state index >= 15 is 0 Å². The molecule has 1 aromatic rings. The fraction of sp³-hybridized carbons (Fsp3) is 0.571. The monoisotopic (exact) mass is 221 g/mol. The van der Waals surface area contributed by atoms with Crippen molar-refractivity contribution in [3.05, 3.63) is 34.4 Å². The van der Waals surface area contributed by atoms with Gasteiger partial charge in [0.2, 0.25) is 0 Å². The van der Waals surface area contributed by atoms with Crippen LogP contribution >= 0.6 is 0 Å². The van der Waals surface area contributed by atoms with Crippen LogP contribution in [0.5, 0.6) is 0 Å². The lowest BCUT2D eigenvalue weighted by atomic mass is 9.84. The maximum Gasteiger partial charge on any atom is 0.0437 e. The summed E-state index contributed by atoms with van der Waals surface area (Å²) in [6.45, 7) is 8.57. The highest BCUT2D eigenvalue weighted by molar-refractivity contribution is 5.40. The first-order chi connectivity index (χ1) is 7.47. The summed E-state index contributed by atoms with van der Waals surface area (Å²) in [5.41, 5.74) is 11.2. The summed E-state index contributed by atoms with van der Waals surface area (Å²) in [5.74, 6) is 0.255. The number of nitrogens with two attached hydrogens (primary N) is 1. The molecule has 0 aliphatic heterocycles. The van der Waals surface area contributed by atoms with Crippen LogP contribution in [0.2, 0.25) is 0 Å². The Labute approximate surface area is 98.5 Å². The molecule has 2 nitrogen and oxygen atoms in total. The molecule has 2 atom stereocenters. The van der Waals surface area contributed by atoms with Crippen LogP contribution in [0.1, 0.15) is 41.5 Å². The summed E-state index contributed by atoms with van der Waals surface area (Å²) >= 11 is 0. The molecule has 0 heterocycles. The van der Waals surface area contributed by atoms with Gasteiger partial charge in [0.25, 0.3) is 0 Å². The standard InChI is InChI=1S/C14H23NO/c1-9-7-10(2)14(11(3)8-9)13(5-6-16)12(4)15/h7-8,12-13,16H,5-6,15H2,1-4H3. The third-order valence-electron chi connectivity index (χ3n) is 3.18. The first kappa shape index (κ1) is 13.2. The summed E-state index contributed by atoms with van der Waals surface area (Å²) in [5, 5.41) is 9.13. The minimum Gasteiger partial charge on any atom is -0.396 e. The normalized spacial score (nSPS) is 14.9. The topological polar surface area (TPSA) is 46.2 Å². The van der Waals surface area contributed by atoms with Gasteiger partial charge in [-0.2, -0.15) is 0 Å². The van der Waals surface area contributed by atoms with Crippen molar-refractivity contribution >= 4 is 0 Å². The largest absolute Gasteiger partial charge is 0.396 e.